The predicted octanol–water partition coefficient (Wildman–Crippen LogP) is 1.30. The molecule has 1 unspecified atom stereocenters. The van der Waals surface area contributed by atoms with Crippen molar-refractivity contribution in [2.75, 3.05) is 6.61 Å². The average molecular weight is 195 g/mol. The average Bonchev–Trinajstić information content (AvgIpc) is 2.17. The highest BCUT2D eigenvalue weighted by Gasteiger charge is 2.12. The Balaban J connectivity index is 2.53. The molecule has 1 aromatic carbocycles. The van der Waals surface area contributed by atoms with Crippen LogP contribution in [0.25, 0.3) is 4.91 Å². The lowest BCUT2D eigenvalue weighted by Gasteiger charge is -2.19. The van der Waals surface area contributed by atoms with E-state index in [0.717, 1.165) is 0 Å². The number of para-hydroxylation sites is 1. The Morgan fingerprint density at radius 1 is 1.38 bits per heavy atom. The maximum Gasteiger partial charge on any atom is 0.128 e. The summed E-state index contributed by atoms with van der Waals surface area (Å²) in [4.78, 5) is 0.321. The molecule has 3 nitrogen and oxygen atoms in total. The second-order valence-corrected chi connectivity index (χ2v) is 3.52. The highest BCUT2D eigenvalue weighted by atomic mass is 32.2. The largest absolute Gasteiger partial charge is 0.768 e. The monoisotopic (exact) mass is 195 g/mol. The molecule has 0 aliphatic carbocycles. The molecule has 68 valence electrons. The van der Waals surface area contributed by atoms with E-state index in [0.29, 0.717) is 22.8 Å². The summed E-state index contributed by atoms with van der Waals surface area (Å²) >= 11 is -2.18. The highest BCUT2D eigenvalue weighted by Crippen LogP contribution is 2.30. The molecule has 1 aliphatic rings. The molecule has 0 spiro atoms. The summed E-state index contributed by atoms with van der Waals surface area (Å²) < 4.78 is 26.8. The number of benzene rings is 1. The van der Waals surface area contributed by atoms with Crippen molar-refractivity contribution in [2.24, 2.45) is 0 Å². The fourth-order valence-electron chi connectivity index (χ4n) is 1.27. The van der Waals surface area contributed by atoms with Gasteiger partial charge in [0, 0.05) is 10.5 Å². The Morgan fingerprint density at radius 2 is 2.15 bits per heavy atom. The normalized spacial score (nSPS) is 16.8. The molecule has 0 saturated carbocycles. The van der Waals surface area contributed by atoms with Gasteiger partial charge in [-0.1, -0.05) is 18.2 Å². The summed E-state index contributed by atoms with van der Waals surface area (Å²) in [6.07, 6.45) is 1.56. The van der Waals surface area contributed by atoms with Crippen molar-refractivity contribution in [1.82, 2.24) is 0 Å². The van der Waals surface area contributed by atoms with Crippen molar-refractivity contribution in [3.63, 3.8) is 0 Å². The van der Waals surface area contributed by atoms with Gasteiger partial charge in [0.1, 0.15) is 12.4 Å². The quantitative estimate of drug-likeness (QED) is 0.634. The van der Waals surface area contributed by atoms with Crippen LogP contribution in [0.15, 0.2) is 30.3 Å². The third kappa shape index (κ3) is 1.50. The van der Waals surface area contributed by atoms with E-state index in [1.807, 2.05) is 6.07 Å². The first-order valence-corrected chi connectivity index (χ1v) is 4.88. The molecule has 1 atom stereocenters. The Bertz CT molecular complexity index is 384. The van der Waals surface area contributed by atoms with Crippen molar-refractivity contribution in [1.29, 1.82) is 0 Å². The first kappa shape index (κ1) is 8.47. The zero-order chi connectivity index (χ0) is 9.26. The van der Waals surface area contributed by atoms with E-state index in [9.17, 15) is 8.76 Å². The molecule has 1 heterocycles. The van der Waals surface area contributed by atoms with Crippen LogP contribution in [0.3, 0.4) is 0 Å². The van der Waals surface area contributed by atoms with Gasteiger partial charge < -0.3 is 9.29 Å². The first-order valence-electron chi connectivity index (χ1n) is 3.80. The van der Waals surface area contributed by atoms with E-state index < -0.39 is 11.1 Å². The summed E-state index contributed by atoms with van der Waals surface area (Å²) in [7, 11) is 0. The maximum atomic E-state index is 10.8. The van der Waals surface area contributed by atoms with Crippen LogP contribution in [-0.2, 0) is 11.1 Å². The summed E-state index contributed by atoms with van der Waals surface area (Å²) in [6.45, 7) is 0.320. The molecule has 0 amide bonds. The zero-order valence-electron chi connectivity index (χ0n) is 6.73. The maximum absolute atomic E-state index is 10.8. The van der Waals surface area contributed by atoms with Crippen LogP contribution in [0, 0.1) is 0 Å². The van der Waals surface area contributed by atoms with Gasteiger partial charge in [0.2, 0.25) is 0 Å². The molecule has 13 heavy (non-hydrogen) atoms. The number of hydrogen-bond acceptors (Lipinski definition) is 3. The number of ether oxygens (including phenoxy) is 1. The molecule has 0 fully saturated rings. The molecular formula is C9H7O3S-. The highest BCUT2D eigenvalue weighted by molar-refractivity contribution is 7.89. The molecule has 2 rings (SSSR count). The first-order chi connectivity index (χ1) is 6.29. The van der Waals surface area contributed by atoms with Crippen molar-refractivity contribution < 1.29 is 13.5 Å². The van der Waals surface area contributed by atoms with Gasteiger partial charge in [-0.25, -0.2) is 0 Å². The van der Waals surface area contributed by atoms with Crippen LogP contribution in [0.2, 0.25) is 0 Å². The lowest BCUT2D eigenvalue weighted by Crippen LogP contribution is -2.06. The third-order valence-electron chi connectivity index (χ3n) is 1.84. The van der Waals surface area contributed by atoms with E-state index in [2.05, 4.69) is 0 Å². The van der Waals surface area contributed by atoms with Crippen LogP contribution in [0.5, 0.6) is 5.75 Å². The molecule has 0 radical (unpaired) electrons. The minimum Gasteiger partial charge on any atom is -0.768 e. The number of rotatable bonds is 1. The van der Waals surface area contributed by atoms with Crippen molar-refractivity contribution in [3.05, 3.63) is 35.9 Å². The summed E-state index contributed by atoms with van der Waals surface area (Å²) in [5.41, 5.74) is 0.641. The van der Waals surface area contributed by atoms with Gasteiger partial charge in [0.05, 0.1) is 0 Å². The van der Waals surface area contributed by atoms with Crippen molar-refractivity contribution >= 4 is 16.0 Å². The second kappa shape index (κ2) is 3.32. The van der Waals surface area contributed by atoms with E-state index in [4.69, 9.17) is 4.74 Å². The van der Waals surface area contributed by atoms with Crippen LogP contribution in [0.1, 0.15) is 5.56 Å². The SMILES string of the molecule is O=S([O-])C1=CCOc2ccccc21. The van der Waals surface area contributed by atoms with Gasteiger partial charge in [-0.05, 0) is 23.2 Å². The Kier molecular flexibility index (Phi) is 2.16. The smallest absolute Gasteiger partial charge is 0.128 e. The molecule has 0 saturated heterocycles. The number of hydrogen-bond donors (Lipinski definition) is 0. The van der Waals surface area contributed by atoms with Crippen molar-refractivity contribution in [2.45, 2.75) is 0 Å². The predicted molar refractivity (Wildman–Crippen MR) is 48.8 cm³/mol. The molecule has 1 aliphatic heterocycles. The third-order valence-corrected chi connectivity index (χ3v) is 2.59. The lowest BCUT2D eigenvalue weighted by atomic mass is 10.1. The minimum absolute atomic E-state index is 0.320. The van der Waals surface area contributed by atoms with Gasteiger partial charge in [0.25, 0.3) is 0 Å². The standard InChI is InChI=1S/C9H8O3S/c10-13(11)9-5-6-12-8-4-2-1-3-7(8)9/h1-5H,6H2,(H,10,11)/p-1. The molecule has 4 heteroatoms. The van der Waals surface area contributed by atoms with E-state index in [-0.39, 0.29) is 0 Å². The molecule has 1 aromatic rings. The lowest BCUT2D eigenvalue weighted by molar-refractivity contribution is 0.358. The van der Waals surface area contributed by atoms with Gasteiger partial charge in [-0.2, -0.15) is 0 Å². The van der Waals surface area contributed by atoms with Crippen LogP contribution < -0.4 is 4.74 Å². The van der Waals surface area contributed by atoms with Gasteiger partial charge >= 0.3 is 0 Å². The Hall–Kier alpha value is -1.13. The second-order valence-electron chi connectivity index (χ2n) is 2.61. The van der Waals surface area contributed by atoms with Crippen LogP contribution >= 0.6 is 0 Å². The topological polar surface area (TPSA) is 49.4 Å². The summed E-state index contributed by atoms with van der Waals surface area (Å²) in [5.74, 6) is 0.629. The Morgan fingerprint density at radius 3 is 2.92 bits per heavy atom. The fraction of sp³-hybridized carbons (Fsp3) is 0.111. The molecule has 0 bridgehead atoms. The minimum atomic E-state index is -2.18. The molecular weight excluding hydrogens is 188 g/mol. The van der Waals surface area contributed by atoms with Gasteiger partial charge in [0.15, 0.2) is 0 Å². The fourth-order valence-corrected chi connectivity index (χ4v) is 1.82. The van der Waals surface area contributed by atoms with E-state index >= 15 is 0 Å². The van der Waals surface area contributed by atoms with Crippen LogP contribution in [-0.4, -0.2) is 15.4 Å². The van der Waals surface area contributed by atoms with Crippen LogP contribution in [0.4, 0.5) is 0 Å². The van der Waals surface area contributed by atoms with Gasteiger partial charge in [-0.3, -0.25) is 4.21 Å². The number of fused-ring (bicyclic) bond motifs is 1. The molecule has 0 aromatic heterocycles. The van der Waals surface area contributed by atoms with E-state index in [1.165, 1.54) is 0 Å². The summed E-state index contributed by atoms with van der Waals surface area (Å²) in [5, 5.41) is 0. The van der Waals surface area contributed by atoms with Gasteiger partial charge in [-0.15, -0.1) is 0 Å². The van der Waals surface area contributed by atoms with Crippen molar-refractivity contribution in [3.8, 4) is 5.75 Å². The van der Waals surface area contributed by atoms with E-state index in [1.54, 1.807) is 24.3 Å². The molecule has 0 N–H and O–H groups in total. The summed E-state index contributed by atoms with van der Waals surface area (Å²) in [6, 6.07) is 7.09. The Labute approximate surface area is 78.3 Å². The zero-order valence-corrected chi connectivity index (χ0v) is 7.54.